The smallest absolute Gasteiger partial charge is 0.312 e. The van der Waals surface area contributed by atoms with E-state index < -0.39 is 11.9 Å². The Morgan fingerprint density at radius 1 is 1.46 bits per heavy atom. The number of carbonyl (C=O) groups is 2. The summed E-state index contributed by atoms with van der Waals surface area (Å²) in [6.07, 6.45) is 5.40. The molecule has 0 amide bonds. The normalized spacial score (nSPS) is 16.8. The fourth-order valence-electron chi connectivity index (χ4n) is 3.40. The van der Waals surface area contributed by atoms with Crippen molar-refractivity contribution in [3.63, 3.8) is 0 Å². The molecule has 0 saturated carbocycles. The van der Waals surface area contributed by atoms with Gasteiger partial charge in [0.05, 0.1) is 22.9 Å². The predicted octanol–water partition coefficient (Wildman–Crippen LogP) is 4.27. The van der Waals surface area contributed by atoms with Crippen molar-refractivity contribution in [3.05, 3.63) is 46.1 Å². The van der Waals surface area contributed by atoms with Crippen LogP contribution < -0.4 is 0 Å². The summed E-state index contributed by atoms with van der Waals surface area (Å²) >= 11 is 6.05. The Kier molecular flexibility index (Phi) is 4.81. The number of fused-ring (bicyclic) bond motifs is 1. The number of carboxylic acids is 1. The van der Waals surface area contributed by atoms with Crippen LogP contribution in [-0.4, -0.2) is 21.4 Å². The molecule has 2 aromatic rings. The molecular weight excluding hydrogens is 330 g/mol. The maximum absolute atomic E-state index is 13.0. The molecule has 1 unspecified atom stereocenters. The van der Waals surface area contributed by atoms with E-state index in [1.54, 1.807) is 6.07 Å². The third-order valence-corrected chi connectivity index (χ3v) is 4.87. The van der Waals surface area contributed by atoms with Crippen molar-refractivity contribution in [2.75, 3.05) is 0 Å². The molecule has 1 aliphatic heterocycles. The minimum atomic E-state index is -0.842. The van der Waals surface area contributed by atoms with E-state index in [1.165, 1.54) is 6.26 Å². The van der Waals surface area contributed by atoms with Crippen LogP contribution in [0.5, 0.6) is 0 Å². The zero-order valence-electron chi connectivity index (χ0n) is 13.5. The van der Waals surface area contributed by atoms with Gasteiger partial charge in [-0.1, -0.05) is 24.9 Å². The summed E-state index contributed by atoms with van der Waals surface area (Å²) in [4.78, 5) is 24.5. The van der Waals surface area contributed by atoms with Crippen molar-refractivity contribution in [2.45, 2.75) is 51.5 Å². The molecule has 0 aromatic carbocycles. The van der Waals surface area contributed by atoms with E-state index in [4.69, 9.17) is 16.0 Å². The Hall–Kier alpha value is -2.01. The predicted molar refractivity (Wildman–Crippen MR) is 89.8 cm³/mol. The largest absolute Gasteiger partial charge is 0.481 e. The monoisotopic (exact) mass is 349 g/mol. The summed E-state index contributed by atoms with van der Waals surface area (Å²) in [5.41, 5.74) is 2.13. The van der Waals surface area contributed by atoms with Gasteiger partial charge in [0.15, 0.2) is 5.76 Å². The molecule has 0 radical (unpaired) electrons. The standard InChI is InChI=1S/C18H20ClNO4/c1-2-3-5-11-10-14-12(18(22)23)6-4-8-20(14)15(11)16(21)17-13(19)7-9-24-17/h7,9-10,12H,2-6,8H2,1H3,(H,22,23). The summed E-state index contributed by atoms with van der Waals surface area (Å²) in [5, 5.41) is 9.77. The first-order valence-electron chi connectivity index (χ1n) is 8.27. The second-order valence-corrected chi connectivity index (χ2v) is 6.57. The molecule has 0 spiro atoms. The molecule has 2 aromatic heterocycles. The Bertz CT molecular complexity index is 774. The van der Waals surface area contributed by atoms with E-state index in [1.807, 2.05) is 10.6 Å². The number of furan rings is 1. The van der Waals surface area contributed by atoms with Gasteiger partial charge in [0.2, 0.25) is 5.78 Å². The van der Waals surface area contributed by atoms with E-state index in [2.05, 4.69) is 6.92 Å². The van der Waals surface area contributed by atoms with Crippen LogP contribution in [0.1, 0.15) is 66.0 Å². The summed E-state index contributed by atoms with van der Waals surface area (Å²) < 4.78 is 7.12. The molecule has 3 rings (SSSR count). The third kappa shape index (κ3) is 2.88. The quantitative estimate of drug-likeness (QED) is 0.790. The highest BCUT2D eigenvalue weighted by atomic mass is 35.5. The minimum Gasteiger partial charge on any atom is -0.481 e. The molecule has 3 heterocycles. The molecular formula is C18H20ClNO4. The topological polar surface area (TPSA) is 72.4 Å². The van der Waals surface area contributed by atoms with Gasteiger partial charge in [0, 0.05) is 12.2 Å². The summed E-state index contributed by atoms with van der Waals surface area (Å²) in [7, 11) is 0. The number of aryl methyl sites for hydroxylation is 1. The Morgan fingerprint density at radius 2 is 2.25 bits per heavy atom. The SMILES string of the molecule is CCCCc1cc2n(c1C(=O)c1occc1Cl)CCCC2C(=O)O. The lowest BCUT2D eigenvalue weighted by molar-refractivity contribution is -0.139. The zero-order valence-corrected chi connectivity index (χ0v) is 14.3. The highest BCUT2D eigenvalue weighted by Gasteiger charge is 2.33. The molecule has 0 aliphatic carbocycles. The molecule has 6 heteroatoms. The van der Waals surface area contributed by atoms with Crippen LogP contribution in [-0.2, 0) is 17.8 Å². The number of aromatic nitrogens is 1. The zero-order chi connectivity index (χ0) is 17.3. The molecule has 1 aliphatic rings. The highest BCUT2D eigenvalue weighted by molar-refractivity contribution is 6.34. The first-order valence-corrected chi connectivity index (χ1v) is 8.65. The van der Waals surface area contributed by atoms with Crippen molar-refractivity contribution < 1.29 is 19.1 Å². The number of hydrogen-bond acceptors (Lipinski definition) is 3. The molecule has 24 heavy (non-hydrogen) atoms. The number of hydrogen-bond donors (Lipinski definition) is 1. The van der Waals surface area contributed by atoms with E-state index in [9.17, 15) is 14.7 Å². The van der Waals surface area contributed by atoms with Crippen LogP contribution in [0.25, 0.3) is 0 Å². The molecule has 0 fully saturated rings. The van der Waals surface area contributed by atoms with Crippen LogP contribution in [0.15, 0.2) is 22.8 Å². The van der Waals surface area contributed by atoms with Crippen molar-refractivity contribution in [3.8, 4) is 0 Å². The number of ketones is 1. The minimum absolute atomic E-state index is 0.118. The van der Waals surface area contributed by atoms with Gasteiger partial charge in [0.25, 0.3) is 0 Å². The van der Waals surface area contributed by atoms with Gasteiger partial charge in [-0.25, -0.2) is 0 Å². The van der Waals surface area contributed by atoms with Crippen molar-refractivity contribution in [1.29, 1.82) is 0 Å². The van der Waals surface area contributed by atoms with Gasteiger partial charge in [-0.15, -0.1) is 0 Å². The summed E-state index contributed by atoms with van der Waals surface area (Å²) in [5.74, 6) is -1.56. The Balaban J connectivity index is 2.11. The maximum Gasteiger partial charge on any atom is 0.312 e. The molecule has 1 N–H and O–H groups in total. The molecule has 5 nitrogen and oxygen atoms in total. The fraction of sp³-hybridized carbons (Fsp3) is 0.444. The Morgan fingerprint density at radius 3 is 2.88 bits per heavy atom. The van der Waals surface area contributed by atoms with Crippen LogP contribution in [0, 0.1) is 0 Å². The Labute approximate surface area is 145 Å². The van der Waals surface area contributed by atoms with Gasteiger partial charge in [-0.2, -0.15) is 0 Å². The number of halogens is 1. The molecule has 1 atom stereocenters. The maximum atomic E-state index is 13.0. The molecule has 0 bridgehead atoms. The van der Waals surface area contributed by atoms with E-state index >= 15 is 0 Å². The number of unbranched alkanes of at least 4 members (excludes halogenated alkanes) is 1. The summed E-state index contributed by atoms with van der Waals surface area (Å²) in [6, 6.07) is 3.43. The molecule has 128 valence electrons. The fourth-order valence-corrected chi connectivity index (χ4v) is 3.58. The van der Waals surface area contributed by atoms with Gasteiger partial charge >= 0.3 is 5.97 Å². The average Bonchev–Trinajstić information content (AvgIpc) is 3.14. The summed E-state index contributed by atoms with van der Waals surface area (Å²) in [6.45, 7) is 2.73. The lowest BCUT2D eigenvalue weighted by Crippen LogP contribution is -2.24. The first-order chi connectivity index (χ1) is 11.5. The molecule has 0 saturated heterocycles. The number of carboxylic acid groups (broad SMARTS) is 1. The number of carbonyl (C=O) groups excluding carboxylic acids is 1. The van der Waals surface area contributed by atoms with Crippen LogP contribution in [0.2, 0.25) is 5.02 Å². The van der Waals surface area contributed by atoms with Crippen LogP contribution in [0.3, 0.4) is 0 Å². The number of aliphatic carboxylic acids is 1. The third-order valence-electron chi connectivity index (χ3n) is 4.58. The van der Waals surface area contributed by atoms with Gasteiger partial charge in [-0.3, -0.25) is 9.59 Å². The van der Waals surface area contributed by atoms with Crippen LogP contribution in [0.4, 0.5) is 0 Å². The number of nitrogens with zero attached hydrogens (tertiary/aromatic N) is 1. The van der Waals surface area contributed by atoms with E-state index in [0.29, 0.717) is 24.4 Å². The number of rotatable bonds is 6. The lowest BCUT2D eigenvalue weighted by atomic mass is 9.96. The lowest BCUT2D eigenvalue weighted by Gasteiger charge is -2.23. The highest BCUT2D eigenvalue weighted by Crippen LogP contribution is 2.34. The van der Waals surface area contributed by atoms with E-state index in [0.717, 1.165) is 31.2 Å². The van der Waals surface area contributed by atoms with Gasteiger partial charge in [0.1, 0.15) is 0 Å². The second-order valence-electron chi connectivity index (χ2n) is 6.16. The van der Waals surface area contributed by atoms with Gasteiger partial charge < -0.3 is 14.1 Å². The van der Waals surface area contributed by atoms with Gasteiger partial charge in [-0.05, 0) is 43.4 Å². The second kappa shape index (κ2) is 6.85. The van der Waals surface area contributed by atoms with Crippen molar-refractivity contribution in [1.82, 2.24) is 4.57 Å². The van der Waals surface area contributed by atoms with Crippen molar-refractivity contribution >= 4 is 23.4 Å². The van der Waals surface area contributed by atoms with Crippen molar-refractivity contribution in [2.24, 2.45) is 0 Å². The van der Waals surface area contributed by atoms with E-state index in [-0.39, 0.29) is 16.6 Å². The average molecular weight is 350 g/mol. The van der Waals surface area contributed by atoms with Crippen LogP contribution >= 0.6 is 11.6 Å². The first kappa shape index (κ1) is 16.8.